The van der Waals surface area contributed by atoms with Gasteiger partial charge in [0.2, 0.25) is 0 Å². The maximum Gasteiger partial charge on any atom is 0.434 e. The van der Waals surface area contributed by atoms with Crippen molar-refractivity contribution in [3.63, 3.8) is 0 Å². The Hall–Kier alpha value is -3.13. The summed E-state index contributed by atoms with van der Waals surface area (Å²) in [5, 5.41) is 6.34. The highest BCUT2D eigenvalue weighted by atomic mass is 19.4. The molecule has 0 fully saturated rings. The van der Waals surface area contributed by atoms with E-state index in [4.69, 9.17) is 4.74 Å². The molecule has 0 spiro atoms. The number of nitrogens with one attached hydrogen (secondary N) is 1. The highest BCUT2D eigenvalue weighted by Gasteiger charge is 2.40. The topological polar surface area (TPSA) is 56.2 Å². The SMILES string of the molecule is Cc1ccc(-n2ncc(C(=O)NCCCOC(C)c3ccccc3)c2C(F)(F)F)cc1. The van der Waals surface area contributed by atoms with Gasteiger partial charge in [-0.3, -0.25) is 4.79 Å². The molecule has 0 aliphatic heterocycles. The van der Waals surface area contributed by atoms with Crippen LogP contribution in [0.2, 0.25) is 0 Å². The zero-order valence-corrected chi connectivity index (χ0v) is 17.3. The molecule has 164 valence electrons. The third-order valence-electron chi connectivity index (χ3n) is 4.80. The van der Waals surface area contributed by atoms with Gasteiger partial charge in [-0.1, -0.05) is 48.0 Å². The molecule has 1 aromatic heterocycles. The first-order valence-corrected chi connectivity index (χ1v) is 9.94. The number of halogens is 3. The summed E-state index contributed by atoms with van der Waals surface area (Å²) >= 11 is 0. The Kier molecular flexibility index (Phi) is 7.12. The van der Waals surface area contributed by atoms with E-state index >= 15 is 0 Å². The van der Waals surface area contributed by atoms with Crippen LogP contribution < -0.4 is 5.32 Å². The molecule has 8 heteroatoms. The Morgan fingerprint density at radius 1 is 1.13 bits per heavy atom. The molecule has 0 aliphatic rings. The van der Waals surface area contributed by atoms with Crippen molar-refractivity contribution in [2.75, 3.05) is 13.2 Å². The van der Waals surface area contributed by atoms with E-state index in [0.29, 0.717) is 13.0 Å². The van der Waals surface area contributed by atoms with Crippen LogP contribution in [-0.4, -0.2) is 28.8 Å². The first kappa shape index (κ1) is 22.6. The second-order valence-electron chi connectivity index (χ2n) is 7.19. The maximum atomic E-state index is 13.7. The Bertz CT molecular complexity index is 999. The van der Waals surface area contributed by atoms with Crippen molar-refractivity contribution in [3.8, 4) is 5.69 Å². The van der Waals surface area contributed by atoms with Gasteiger partial charge < -0.3 is 10.1 Å². The number of aryl methyl sites for hydroxylation is 1. The number of hydrogen-bond acceptors (Lipinski definition) is 3. The van der Waals surface area contributed by atoms with E-state index in [1.54, 1.807) is 12.1 Å². The summed E-state index contributed by atoms with van der Waals surface area (Å²) in [4.78, 5) is 12.4. The number of amides is 1. The lowest BCUT2D eigenvalue weighted by Gasteiger charge is -2.14. The number of ether oxygens (including phenoxy) is 1. The standard InChI is InChI=1S/C23H24F3N3O2/c1-16-9-11-19(12-10-16)29-21(23(24,25)26)20(15-28-29)22(30)27-13-6-14-31-17(2)18-7-4-3-5-8-18/h3-5,7-12,15,17H,6,13-14H2,1-2H3,(H,27,30). The summed E-state index contributed by atoms with van der Waals surface area (Å²) in [6.45, 7) is 4.31. The molecule has 31 heavy (non-hydrogen) atoms. The Morgan fingerprint density at radius 3 is 2.45 bits per heavy atom. The molecule has 0 saturated heterocycles. The zero-order chi connectivity index (χ0) is 22.4. The van der Waals surface area contributed by atoms with E-state index < -0.39 is 23.3 Å². The highest BCUT2D eigenvalue weighted by molar-refractivity contribution is 5.95. The van der Waals surface area contributed by atoms with Gasteiger partial charge in [-0.05, 0) is 38.0 Å². The average molecular weight is 431 g/mol. The zero-order valence-electron chi connectivity index (χ0n) is 17.3. The van der Waals surface area contributed by atoms with Crippen molar-refractivity contribution >= 4 is 5.91 Å². The lowest BCUT2D eigenvalue weighted by Crippen LogP contribution is -2.28. The monoisotopic (exact) mass is 431 g/mol. The van der Waals surface area contributed by atoms with Crippen molar-refractivity contribution in [1.82, 2.24) is 15.1 Å². The van der Waals surface area contributed by atoms with Crippen molar-refractivity contribution in [2.24, 2.45) is 0 Å². The van der Waals surface area contributed by atoms with E-state index in [1.807, 2.05) is 44.2 Å². The van der Waals surface area contributed by atoms with Gasteiger partial charge in [-0.2, -0.15) is 18.3 Å². The minimum absolute atomic E-state index is 0.110. The molecule has 5 nitrogen and oxygen atoms in total. The average Bonchev–Trinajstić information content (AvgIpc) is 3.20. The second kappa shape index (κ2) is 9.78. The number of hydrogen-bond donors (Lipinski definition) is 1. The van der Waals surface area contributed by atoms with Gasteiger partial charge in [0.15, 0.2) is 5.69 Å². The van der Waals surface area contributed by atoms with Crippen LogP contribution >= 0.6 is 0 Å². The van der Waals surface area contributed by atoms with E-state index in [9.17, 15) is 18.0 Å². The molecule has 3 aromatic rings. The van der Waals surface area contributed by atoms with Gasteiger partial charge in [-0.25, -0.2) is 4.68 Å². The molecule has 1 amide bonds. The predicted molar refractivity (Wildman–Crippen MR) is 111 cm³/mol. The summed E-state index contributed by atoms with van der Waals surface area (Å²) in [5.41, 5.74) is 0.575. The largest absolute Gasteiger partial charge is 0.434 e. The van der Waals surface area contributed by atoms with E-state index in [0.717, 1.165) is 22.0 Å². The van der Waals surface area contributed by atoms with Crippen LogP contribution in [0, 0.1) is 6.92 Å². The number of carbonyl (C=O) groups excluding carboxylic acids is 1. The van der Waals surface area contributed by atoms with E-state index in [-0.39, 0.29) is 18.3 Å². The second-order valence-corrected chi connectivity index (χ2v) is 7.19. The first-order valence-electron chi connectivity index (χ1n) is 9.94. The normalized spacial score (nSPS) is 12.5. The molecule has 2 aromatic carbocycles. The van der Waals surface area contributed by atoms with Gasteiger partial charge in [0.1, 0.15) is 0 Å². The third-order valence-corrected chi connectivity index (χ3v) is 4.80. The van der Waals surface area contributed by atoms with Gasteiger partial charge in [0.05, 0.1) is 23.6 Å². The van der Waals surface area contributed by atoms with Gasteiger partial charge in [0.25, 0.3) is 5.91 Å². The maximum absolute atomic E-state index is 13.7. The summed E-state index contributed by atoms with van der Waals surface area (Å²) < 4.78 is 47.6. The molecular formula is C23H24F3N3O2. The predicted octanol–water partition coefficient (Wildman–Crippen LogP) is 5.10. The summed E-state index contributed by atoms with van der Waals surface area (Å²) in [6.07, 6.45) is -3.42. The smallest absolute Gasteiger partial charge is 0.374 e. The van der Waals surface area contributed by atoms with Crippen LogP contribution in [0.5, 0.6) is 0 Å². The molecule has 1 N–H and O–H groups in total. The van der Waals surface area contributed by atoms with Crippen LogP contribution in [0.4, 0.5) is 13.2 Å². The number of rotatable bonds is 8. The van der Waals surface area contributed by atoms with Crippen LogP contribution in [0.1, 0.15) is 46.6 Å². The minimum atomic E-state index is -4.73. The quantitative estimate of drug-likeness (QED) is 0.505. The molecule has 0 radical (unpaired) electrons. The van der Waals surface area contributed by atoms with Gasteiger partial charge in [-0.15, -0.1) is 0 Å². The molecule has 3 rings (SSSR count). The Balaban J connectivity index is 1.60. The van der Waals surface area contributed by atoms with Gasteiger partial charge in [0, 0.05) is 13.2 Å². The number of carbonyl (C=O) groups is 1. The third kappa shape index (κ3) is 5.73. The molecule has 0 aliphatic carbocycles. The van der Waals surface area contributed by atoms with E-state index in [2.05, 4.69) is 10.4 Å². The first-order chi connectivity index (χ1) is 14.8. The van der Waals surface area contributed by atoms with Crippen LogP contribution in [-0.2, 0) is 10.9 Å². The highest BCUT2D eigenvalue weighted by Crippen LogP contribution is 2.33. The minimum Gasteiger partial charge on any atom is -0.374 e. The molecule has 0 saturated carbocycles. The van der Waals surface area contributed by atoms with Crippen molar-refractivity contribution < 1.29 is 22.7 Å². The Labute approximate surface area is 178 Å². The van der Waals surface area contributed by atoms with Gasteiger partial charge >= 0.3 is 6.18 Å². The van der Waals surface area contributed by atoms with Crippen LogP contribution in [0.15, 0.2) is 60.8 Å². The molecule has 1 unspecified atom stereocenters. The van der Waals surface area contributed by atoms with Crippen molar-refractivity contribution in [2.45, 2.75) is 32.5 Å². The fraction of sp³-hybridized carbons (Fsp3) is 0.304. The van der Waals surface area contributed by atoms with Crippen molar-refractivity contribution in [3.05, 3.63) is 83.2 Å². The molecule has 1 heterocycles. The fourth-order valence-electron chi connectivity index (χ4n) is 3.12. The van der Waals surface area contributed by atoms with Crippen molar-refractivity contribution in [1.29, 1.82) is 0 Å². The lowest BCUT2D eigenvalue weighted by atomic mass is 10.1. The summed E-state index contributed by atoms with van der Waals surface area (Å²) in [6, 6.07) is 16.1. The van der Waals surface area contributed by atoms with Crippen LogP contribution in [0.3, 0.4) is 0 Å². The molecule has 0 bridgehead atoms. The number of aromatic nitrogens is 2. The summed E-state index contributed by atoms with van der Waals surface area (Å²) in [7, 11) is 0. The number of nitrogens with zero attached hydrogens (tertiary/aromatic N) is 2. The number of alkyl halides is 3. The fourth-order valence-corrected chi connectivity index (χ4v) is 3.12. The van der Waals surface area contributed by atoms with E-state index in [1.165, 1.54) is 12.1 Å². The lowest BCUT2D eigenvalue weighted by molar-refractivity contribution is -0.143. The Morgan fingerprint density at radius 2 is 1.81 bits per heavy atom. The number of benzene rings is 2. The molecular weight excluding hydrogens is 407 g/mol. The molecule has 1 atom stereocenters. The summed E-state index contributed by atoms with van der Waals surface area (Å²) in [5.74, 6) is -0.818. The van der Waals surface area contributed by atoms with Crippen LogP contribution in [0.25, 0.3) is 5.69 Å².